The SMILES string of the molecule is C[C@@H](CC(=O)O)C(=O)COC(=O)c1ccccc1Oc1ccccc1. The van der Waals surface area contributed by atoms with Crippen LogP contribution in [0.5, 0.6) is 11.5 Å². The first-order valence-corrected chi connectivity index (χ1v) is 7.71. The van der Waals surface area contributed by atoms with Crippen molar-refractivity contribution in [3.8, 4) is 11.5 Å². The molecule has 1 N–H and O–H groups in total. The number of ether oxygens (including phenoxy) is 2. The lowest BCUT2D eigenvalue weighted by molar-refractivity contribution is -0.140. The van der Waals surface area contributed by atoms with Crippen LogP contribution in [-0.2, 0) is 14.3 Å². The van der Waals surface area contributed by atoms with E-state index in [0.29, 0.717) is 11.5 Å². The molecule has 0 saturated carbocycles. The summed E-state index contributed by atoms with van der Waals surface area (Å²) in [4.78, 5) is 34.7. The van der Waals surface area contributed by atoms with Crippen LogP contribution < -0.4 is 4.74 Å². The summed E-state index contributed by atoms with van der Waals surface area (Å²) in [5.74, 6) is -2.08. The average molecular weight is 342 g/mol. The molecule has 130 valence electrons. The summed E-state index contributed by atoms with van der Waals surface area (Å²) >= 11 is 0. The van der Waals surface area contributed by atoms with Gasteiger partial charge in [-0.3, -0.25) is 9.59 Å². The minimum atomic E-state index is -1.08. The molecule has 6 nitrogen and oxygen atoms in total. The van der Waals surface area contributed by atoms with Gasteiger partial charge in [0.05, 0.1) is 6.42 Å². The Morgan fingerprint density at radius 3 is 2.32 bits per heavy atom. The molecule has 0 spiro atoms. The molecule has 0 heterocycles. The van der Waals surface area contributed by atoms with E-state index >= 15 is 0 Å². The van der Waals surface area contributed by atoms with Crippen molar-refractivity contribution in [1.82, 2.24) is 0 Å². The van der Waals surface area contributed by atoms with Crippen LogP contribution in [0.25, 0.3) is 0 Å². The molecule has 0 aliphatic rings. The topological polar surface area (TPSA) is 89.9 Å². The first kappa shape index (κ1) is 18.2. The summed E-state index contributed by atoms with van der Waals surface area (Å²) in [5.41, 5.74) is 0.185. The van der Waals surface area contributed by atoms with Crippen LogP contribution in [0.1, 0.15) is 23.7 Å². The van der Waals surface area contributed by atoms with Crippen molar-refractivity contribution in [2.24, 2.45) is 5.92 Å². The number of carbonyl (C=O) groups is 3. The second-order valence-electron chi connectivity index (χ2n) is 5.45. The van der Waals surface area contributed by atoms with Gasteiger partial charge in [0.1, 0.15) is 17.1 Å². The number of hydrogen-bond donors (Lipinski definition) is 1. The Morgan fingerprint density at radius 2 is 1.64 bits per heavy atom. The molecule has 0 aromatic heterocycles. The number of carboxylic acids is 1. The van der Waals surface area contributed by atoms with Gasteiger partial charge < -0.3 is 14.6 Å². The highest BCUT2D eigenvalue weighted by atomic mass is 16.5. The van der Waals surface area contributed by atoms with Crippen molar-refractivity contribution < 1.29 is 29.0 Å². The molecule has 2 aromatic rings. The Morgan fingerprint density at radius 1 is 1.00 bits per heavy atom. The molecule has 0 amide bonds. The van der Waals surface area contributed by atoms with Gasteiger partial charge in [0, 0.05) is 5.92 Å². The molecule has 0 bridgehead atoms. The minimum Gasteiger partial charge on any atom is -0.481 e. The molecule has 0 unspecified atom stereocenters. The highest BCUT2D eigenvalue weighted by Crippen LogP contribution is 2.25. The maximum absolute atomic E-state index is 12.2. The van der Waals surface area contributed by atoms with Crippen LogP contribution in [-0.4, -0.2) is 29.4 Å². The quantitative estimate of drug-likeness (QED) is 0.740. The zero-order valence-electron chi connectivity index (χ0n) is 13.7. The molecule has 0 fully saturated rings. The van der Waals surface area contributed by atoms with E-state index in [1.807, 2.05) is 6.07 Å². The standard InChI is InChI=1S/C19H18O6/c1-13(11-18(21)22)16(20)12-24-19(23)15-9-5-6-10-17(15)25-14-7-3-2-4-8-14/h2-10,13H,11-12H2,1H3,(H,21,22)/t13-/m0/s1. The highest BCUT2D eigenvalue weighted by molar-refractivity contribution is 5.94. The smallest absolute Gasteiger partial charge is 0.342 e. The molecule has 6 heteroatoms. The zero-order chi connectivity index (χ0) is 18.2. The van der Waals surface area contributed by atoms with Crippen LogP contribution in [0.4, 0.5) is 0 Å². The third-order valence-corrected chi connectivity index (χ3v) is 3.45. The molecule has 0 aliphatic heterocycles. The van der Waals surface area contributed by atoms with Crippen molar-refractivity contribution in [3.63, 3.8) is 0 Å². The fourth-order valence-corrected chi connectivity index (χ4v) is 2.07. The fraction of sp³-hybridized carbons (Fsp3) is 0.211. The lowest BCUT2D eigenvalue weighted by Gasteiger charge is -2.12. The number of para-hydroxylation sites is 2. The number of rotatable bonds is 8. The Balaban J connectivity index is 2.02. The summed E-state index contributed by atoms with van der Waals surface area (Å²) in [7, 11) is 0. The van der Waals surface area contributed by atoms with Gasteiger partial charge in [0.25, 0.3) is 0 Å². The van der Waals surface area contributed by atoms with Crippen molar-refractivity contribution >= 4 is 17.7 Å². The lowest BCUT2D eigenvalue weighted by atomic mass is 10.0. The fourth-order valence-electron chi connectivity index (χ4n) is 2.07. The van der Waals surface area contributed by atoms with Crippen molar-refractivity contribution in [2.75, 3.05) is 6.61 Å². The van der Waals surface area contributed by atoms with Gasteiger partial charge in [-0.1, -0.05) is 37.3 Å². The van der Waals surface area contributed by atoms with Gasteiger partial charge in [-0.2, -0.15) is 0 Å². The minimum absolute atomic E-state index is 0.185. The first-order valence-electron chi connectivity index (χ1n) is 7.71. The van der Waals surface area contributed by atoms with E-state index < -0.39 is 30.2 Å². The predicted molar refractivity (Wildman–Crippen MR) is 89.7 cm³/mol. The number of hydrogen-bond acceptors (Lipinski definition) is 5. The molecular formula is C19H18O6. The largest absolute Gasteiger partial charge is 0.481 e. The van der Waals surface area contributed by atoms with E-state index in [4.69, 9.17) is 14.6 Å². The Hall–Kier alpha value is -3.15. The van der Waals surface area contributed by atoms with Gasteiger partial charge in [0.15, 0.2) is 12.4 Å². The maximum atomic E-state index is 12.2. The monoisotopic (exact) mass is 342 g/mol. The zero-order valence-corrected chi connectivity index (χ0v) is 13.7. The Labute approximate surface area is 145 Å². The molecule has 2 rings (SSSR count). The van der Waals surface area contributed by atoms with Gasteiger partial charge in [-0.15, -0.1) is 0 Å². The van der Waals surface area contributed by atoms with E-state index in [-0.39, 0.29) is 12.0 Å². The van der Waals surface area contributed by atoms with Crippen LogP contribution in [0, 0.1) is 5.92 Å². The summed E-state index contributed by atoms with van der Waals surface area (Å²) in [6.07, 6.45) is -0.301. The van der Waals surface area contributed by atoms with Gasteiger partial charge in [-0.25, -0.2) is 4.79 Å². The molecule has 0 radical (unpaired) electrons. The van der Waals surface area contributed by atoms with Gasteiger partial charge in [-0.05, 0) is 24.3 Å². The van der Waals surface area contributed by atoms with E-state index in [1.54, 1.807) is 42.5 Å². The summed E-state index contributed by atoms with van der Waals surface area (Å²) in [6.45, 7) is 1.00. The van der Waals surface area contributed by atoms with Gasteiger partial charge >= 0.3 is 11.9 Å². The van der Waals surface area contributed by atoms with E-state index in [9.17, 15) is 14.4 Å². The second kappa shape index (κ2) is 8.63. The molecule has 0 aliphatic carbocycles. The third-order valence-electron chi connectivity index (χ3n) is 3.45. The molecule has 25 heavy (non-hydrogen) atoms. The van der Waals surface area contributed by atoms with Crippen LogP contribution in [0.15, 0.2) is 54.6 Å². The Bertz CT molecular complexity index is 754. The molecule has 2 aromatic carbocycles. The molecule has 0 saturated heterocycles. The number of aliphatic carboxylic acids is 1. The summed E-state index contributed by atoms with van der Waals surface area (Å²) in [6, 6.07) is 15.5. The number of carboxylic acid groups (broad SMARTS) is 1. The first-order chi connectivity index (χ1) is 12.0. The number of carbonyl (C=O) groups excluding carboxylic acids is 2. The van der Waals surface area contributed by atoms with E-state index in [2.05, 4.69) is 0 Å². The van der Waals surface area contributed by atoms with Crippen LogP contribution in [0.3, 0.4) is 0 Å². The Kier molecular flexibility index (Phi) is 6.28. The number of Topliss-reactive ketones (excluding diaryl/α,β-unsaturated/α-hetero) is 1. The molecular weight excluding hydrogens is 324 g/mol. The highest BCUT2D eigenvalue weighted by Gasteiger charge is 2.20. The van der Waals surface area contributed by atoms with Crippen LogP contribution >= 0.6 is 0 Å². The second-order valence-corrected chi connectivity index (χ2v) is 5.45. The van der Waals surface area contributed by atoms with E-state index in [1.165, 1.54) is 13.0 Å². The summed E-state index contributed by atoms with van der Waals surface area (Å²) < 4.78 is 10.7. The normalized spacial score (nSPS) is 11.4. The molecule has 1 atom stereocenters. The average Bonchev–Trinajstić information content (AvgIpc) is 2.60. The van der Waals surface area contributed by atoms with E-state index in [0.717, 1.165) is 0 Å². The van der Waals surface area contributed by atoms with Crippen molar-refractivity contribution in [1.29, 1.82) is 0 Å². The predicted octanol–water partition coefficient (Wildman–Crippen LogP) is 3.32. The number of benzene rings is 2. The van der Waals surface area contributed by atoms with Crippen LogP contribution in [0.2, 0.25) is 0 Å². The van der Waals surface area contributed by atoms with Crippen molar-refractivity contribution in [2.45, 2.75) is 13.3 Å². The lowest BCUT2D eigenvalue weighted by Crippen LogP contribution is -2.22. The number of esters is 1. The maximum Gasteiger partial charge on any atom is 0.342 e. The van der Waals surface area contributed by atoms with Gasteiger partial charge in [0.2, 0.25) is 0 Å². The van der Waals surface area contributed by atoms with Crippen molar-refractivity contribution in [3.05, 3.63) is 60.2 Å². The summed E-state index contributed by atoms with van der Waals surface area (Å²) in [5, 5.41) is 8.69. The third kappa shape index (κ3) is 5.46. The number of ketones is 1.